The molecule has 5 rings (SSSR count). The van der Waals surface area contributed by atoms with Crippen molar-refractivity contribution in [3.63, 3.8) is 0 Å². The number of benzene rings is 2. The summed E-state index contributed by atoms with van der Waals surface area (Å²) in [5.74, 6) is 2.52. The number of ether oxygens (including phenoxy) is 1. The van der Waals surface area contributed by atoms with Crippen molar-refractivity contribution in [1.82, 2.24) is 25.1 Å². The van der Waals surface area contributed by atoms with Crippen molar-refractivity contribution in [2.75, 3.05) is 7.11 Å². The lowest BCUT2D eigenvalue weighted by Crippen LogP contribution is -2.10. The van der Waals surface area contributed by atoms with E-state index in [1.165, 1.54) is 17.3 Å². The fraction of sp³-hybridized carbons (Fsp3) is 0.167. The largest absolute Gasteiger partial charge is 0.497 e. The summed E-state index contributed by atoms with van der Waals surface area (Å²) >= 11 is 2.96. The van der Waals surface area contributed by atoms with Crippen LogP contribution < -0.4 is 10.3 Å². The number of hydrogen-bond donors (Lipinski definition) is 2. The summed E-state index contributed by atoms with van der Waals surface area (Å²) in [6.45, 7) is 4.08. The van der Waals surface area contributed by atoms with Gasteiger partial charge in [-0.1, -0.05) is 41.6 Å². The normalized spacial score (nSPS) is 11.2. The average Bonchev–Trinajstić information content (AvgIpc) is 3.43. The second kappa shape index (κ2) is 8.84. The van der Waals surface area contributed by atoms with E-state index in [0.29, 0.717) is 27.9 Å². The SMILES string of the molecule is COc1ccc(-c2nc(SCc3nc4sc(C)c(-c5ccc(C)cc5)c4c(=O)[nH]3)n[nH]2)cc1. The van der Waals surface area contributed by atoms with Crippen molar-refractivity contribution in [2.45, 2.75) is 24.8 Å². The number of aromatic nitrogens is 5. The smallest absolute Gasteiger partial charge is 0.260 e. The number of methoxy groups -OCH3 is 1. The lowest BCUT2D eigenvalue weighted by atomic mass is 10.0. The average molecular weight is 476 g/mol. The minimum Gasteiger partial charge on any atom is -0.497 e. The van der Waals surface area contributed by atoms with Crippen LogP contribution in [0.3, 0.4) is 0 Å². The summed E-state index contributed by atoms with van der Waals surface area (Å²) < 4.78 is 5.19. The molecule has 0 spiro atoms. The standard InChI is InChI=1S/C24H21N5O2S2/c1-13-4-6-15(7-5-13)19-14(2)33-23-20(19)22(30)25-18(26-23)12-32-24-27-21(28-29-24)16-8-10-17(31-3)11-9-16/h4-11H,12H2,1-3H3,(H,25,26,30)(H,27,28,29). The van der Waals surface area contributed by atoms with Crippen LogP contribution in [-0.4, -0.2) is 32.3 Å². The molecule has 0 aliphatic rings. The molecule has 2 aromatic carbocycles. The predicted molar refractivity (Wildman–Crippen MR) is 133 cm³/mol. The van der Waals surface area contributed by atoms with Gasteiger partial charge in [0.1, 0.15) is 16.4 Å². The predicted octanol–water partition coefficient (Wildman–Crippen LogP) is 5.35. The van der Waals surface area contributed by atoms with Gasteiger partial charge in [-0.3, -0.25) is 9.89 Å². The number of thioether (sulfide) groups is 1. The van der Waals surface area contributed by atoms with Crippen LogP contribution >= 0.6 is 23.1 Å². The van der Waals surface area contributed by atoms with Gasteiger partial charge in [-0.25, -0.2) is 9.97 Å². The highest BCUT2D eigenvalue weighted by atomic mass is 32.2. The molecule has 3 aromatic heterocycles. The maximum atomic E-state index is 13.0. The van der Waals surface area contributed by atoms with Gasteiger partial charge < -0.3 is 9.72 Å². The third-order valence-electron chi connectivity index (χ3n) is 5.29. The van der Waals surface area contributed by atoms with E-state index in [1.54, 1.807) is 18.4 Å². The van der Waals surface area contributed by atoms with Crippen LogP contribution in [0, 0.1) is 13.8 Å². The van der Waals surface area contributed by atoms with Crippen LogP contribution in [0.4, 0.5) is 0 Å². The molecular weight excluding hydrogens is 454 g/mol. The number of aromatic amines is 2. The Morgan fingerprint density at radius 3 is 2.45 bits per heavy atom. The third-order valence-corrected chi connectivity index (χ3v) is 7.15. The van der Waals surface area contributed by atoms with E-state index in [9.17, 15) is 4.79 Å². The van der Waals surface area contributed by atoms with Crippen molar-refractivity contribution in [2.24, 2.45) is 0 Å². The van der Waals surface area contributed by atoms with Crippen LogP contribution in [0.15, 0.2) is 58.5 Å². The second-order valence-electron chi connectivity index (χ2n) is 7.58. The van der Waals surface area contributed by atoms with Crippen molar-refractivity contribution in [3.8, 4) is 28.3 Å². The molecule has 0 bridgehead atoms. The van der Waals surface area contributed by atoms with Gasteiger partial charge in [0.25, 0.3) is 5.56 Å². The number of nitrogens with zero attached hydrogens (tertiary/aromatic N) is 3. The minimum atomic E-state index is -0.121. The van der Waals surface area contributed by atoms with Crippen LogP contribution in [-0.2, 0) is 5.75 Å². The van der Waals surface area contributed by atoms with Crippen LogP contribution in [0.5, 0.6) is 5.75 Å². The summed E-state index contributed by atoms with van der Waals surface area (Å²) in [6, 6.07) is 15.8. The Morgan fingerprint density at radius 1 is 1.00 bits per heavy atom. The Labute approximate surface area is 198 Å². The van der Waals surface area contributed by atoms with Gasteiger partial charge in [-0.05, 0) is 43.7 Å². The monoisotopic (exact) mass is 475 g/mol. The van der Waals surface area contributed by atoms with E-state index in [4.69, 9.17) is 9.72 Å². The minimum absolute atomic E-state index is 0.121. The van der Waals surface area contributed by atoms with Crippen LogP contribution in [0.1, 0.15) is 16.3 Å². The highest BCUT2D eigenvalue weighted by Crippen LogP contribution is 2.36. The molecular formula is C24H21N5O2S2. The van der Waals surface area contributed by atoms with E-state index < -0.39 is 0 Å². The molecule has 0 amide bonds. The van der Waals surface area contributed by atoms with E-state index in [-0.39, 0.29) is 5.56 Å². The zero-order valence-electron chi connectivity index (χ0n) is 18.3. The molecule has 0 unspecified atom stereocenters. The van der Waals surface area contributed by atoms with Gasteiger partial charge in [0.15, 0.2) is 5.82 Å². The maximum absolute atomic E-state index is 13.0. The number of hydrogen-bond acceptors (Lipinski definition) is 7. The van der Waals surface area contributed by atoms with Gasteiger partial charge >= 0.3 is 0 Å². The fourth-order valence-electron chi connectivity index (χ4n) is 3.62. The number of thiophene rings is 1. The van der Waals surface area contributed by atoms with Gasteiger partial charge in [0.2, 0.25) is 5.16 Å². The first-order valence-electron chi connectivity index (χ1n) is 10.3. The maximum Gasteiger partial charge on any atom is 0.260 e. The first kappa shape index (κ1) is 21.4. The fourth-order valence-corrected chi connectivity index (χ4v) is 5.35. The molecule has 0 saturated carbocycles. The van der Waals surface area contributed by atoms with E-state index >= 15 is 0 Å². The van der Waals surface area contributed by atoms with Crippen LogP contribution in [0.2, 0.25) is 0 Å². The molecule has 5 aromatic rings. The molecule has 9 heteroatoms. The molecule has 2 N–H and O–H groups in total. The highest BCUT2D eigenvalue weighted by Gasteiger charge is 2.17. The van der Waals surface area contributed by atoms with Crippen molar-refractivity contribution in [1.29, 1.82) is 0 Å². The molecule has 0 atom stereocenters. The Bertz CT molecular complexity index is 1480. The highest BCUT2D eigenvalue weighted by molar-refractivity contribution is 7.98. The molecule has 0 radical (unpaired) electrons. The van der Waals surface area contributed by atoms with Crippen molar-refractivity contribution in [3.05, 3.63) is 75.1 Å². The Kier molecular flexibility index (Phi) is 5.74. The molecule has 0 saturated heterocycles. The number of aryl methyl sites for hydroxylation is 2. The summed E-state index contributed by atoms with van der Waals surface area (Å²) in [5, 5.41) is 8.47. The second-order valence-corrected chi connectivity index (χ2v) is 9.72. The van der Waals surface area contributed by atoms with Crippen molar-refractivity contribution < 1.29 is 4.74 Å². The molecule has 33 heavy (non-hydrogen) atoms. The molecule has 3 heterocycles. The third kappa shape index (κ3) is 4.29. The topological polar surface area (TPSA) is 96.6 Å². The van der Waals surface area contributed by atoms with Crippen LogP contribution in [0.25, 0.3) is 32.7 Å². The zero-order valence-corrected chi connectivity index (χ0v) is 19.9. The lowest BCUT2D eigenvalue weighted by Gasteiger charge is -2.03. The number of fused-ring (bicyclic) bond motifs is 1. The number of rotatable bonds is 6. The Hall–Kier alpha value is -3.43. The van der Waals surface area contributed by atoms with E-state index in [1.807, 2.05) is 31.2 Å². The first-order chi connectivity index (χ1) is 16.0. The number of nitrogens with one attached hydrogen (secondary N) is 2. The molecule has 0 fully saturated rings. The van der Waals surface area contributed by atoms with Gasteiger partial charge in [-0.2, -0.15) is 0 Å². The Balaban J connectivity index is 1.37. The van der Waals surface area contributed by atoms with E-state index in [2.05, 4.69) is 51.4 Å². The van der Waals surface area contributed by atoms with Gasteiger partial charge in [-0.15, -0.1) is 16.4 Å². The molecule has 0 aliphatic carbocycles. The Morgan fingerprint density at radius 2 is 1.73 bits per heavy atom. The van der Waals surface area contributed by atoms with Gasteiger partial charge in [0.05, 0.1) is 18.2 Å². The quantitative estimate of drug-likeness (QED) is 0.321. The molecule has 7 nitrogen and oxygen atoms in total. The van der Waals surface area contributed by atoms with E-state index in [0.717, 1.165) is 32.1 Å². The summed E-state index contributed by atoms with van der Waals surface area (Å²) in [7, 11) is 1.63. The van der Waals surface area contributed by atoms with Crippen molar-refractivity contribution >= 4 is 33.3 Å². The lowest BCUT2D eigenvalue weighted by molar-refractivity contribution is 0.415. The summed E-state index contributed by atoms with van der Waals surface area (Å²) in [4.78, 5) is 27.0. The zero-order chi connectivity index (χ0) is 22.9. The summed E-state index contributed by atoms with van der Waals surface area (Å²) in [5.41, 5.74) is 3.97. The first-order valence-corrected chi connectivity index (χ1v) is 12.1. The van der Waals surface area contributed by atoms with Gasteiger partial charge in [0, 0.05) is 16.0 Å². The number of H-pyrrole nitrogens is 2. The molecule has 166 valence electrons. The molecule has 0 aliphatic heterocycles. The summed E-state index contributed by atoms with van der Waals surface area (Å²) in [6.07, 6.45) is 0.